The number of rotatable bonds is 6. The molecule has 0 aliphatic heterocycles. The lowest BCUT2D eigenvalue weighted by atomic mass is 10.1. The predicted octanol–water partition coefficient (Wildman–Crippen LogP) is 2.41. The van der Waals surface area contributed by atoms with Crippen LogP contribution in [0.1, 0.15) is 17.5 Å². The van der Waals surface area contributed by atoms with E-state index in [0.29, 0.717) is 13.0 Å². The standard InChI is InChI=1S/C14H20N2O/c1-4-8-15-9-7-14(17)16-13-6-5-11(2)10-12(13)3/h4-6,10,15H,1,7-9H2,2-3H3,(H,16,17). The van der Waals surface area contributed by atoms with Crippen molar-refractivity contribution in [3.63, 3.8) is 0 Å². The van der Waals surface area contributed by atoms with E-state index in [-0.39, 0.29) is 5.91 Å². The summed E-state index contributed by atoms with van der Waals surface area (Å²) in [5.74, 6) is 0.0357. The van der Waals surface area contributed by atoms with Gasteiger partial charge in [0.15, 0.2) is 0 Å². The van der Waals surface area contributed by atoms with Gasteiger partial charge in [-0.25, -0.2) is 0 Å². The first-order valence-electron chi connectivity index (χ1n) is 5.82. The fourth-order valence-electron chi connectivity index (χ4n) is 1.57. The first-order chi connectivity index (χ1) is 8.13. The van der Waals surface area contributed by atoms with E-state index in [4.69, 9.17) is 0 Å². The van der Waals surface area contributed by atoms with Crippen LogP contribution < -0.4 is 10.6 Å². The van der Waals surface area contributed by atoms with Crippen molar-refractivity contribution in [2.75, 3.05) is 18.4 Å². The number of anilines is 1. The molecule has 1 amide bonds. The Kier molecular flexibility index (Phi) is 5.43. The Morgan fingerprint density at radius 3 is 2.82 bits per heavy atom. The number of aryl methyl sites for hydroxylation is 2. The van der Waals surface area contributed by atoms with Crippen molar-refractivity contribution in [1.82, 2.24) is 5.32 Å². The SMILES string of the molecule is C=CCNCCC(=O)Nc1ccc(C)cc1C. The molecule has 0 heterocycles. The van der Waals surface area contributed by atoms with Gasteiger partial charge in [-0.3, -0.25) is 4.79 Å². The van der Waals surface area contributed by atoms with Crippen LogP contribution in [0.25, 0.3) is 0 Å². The zero-order valence-corrected chi connectivity index (χ0v) is 10.5. The van der Waals surface area contributed by atoms with Crippen LogP contribution in [0.4, 0.5) is 5.69 Å². The first kappa shape index (κ1) is 13.5. The molecule has 0 unspecified atom stereocenters. The molecule has 0 fully saturated rings. The Morgan fingerprint density at radius 1 is 1.41 bits per heavy atom. The maximum absolute atomic E-state index is 11.6. The van der Waals surface area contributed by atoms with Gasteiger partial charge in [-0.2, -0.15) is 0 Å². The van der Waals surface area contributed by atoms with Crippen molar-refractivity contribution in [3.05, 3.63) is 42.0 Å². The number of amides is 1. The molecular weight excluding hydrogens is 212 g/mol. The fourth-order valence-corrected chi connectivity index (χ4v) is 1.57. The number of carbonyl (C=O) groups excluding carboxylic acids is 1. The molecule has 3 nitrogen and oxygen atoms in total. The van der Waals surface area contributed by atoms with E-state index in [1.54, 1.807) is 6.08 Å². The van der Waals surface area contributed by atoms with Gasteiger partial charge in [0, 0.05) is 25.2 Å². The Labute approximate surface area is 103 Å². The highest BCUT2D eigenvalue weighted by Gasteiger charge is 2.03. The molecular formula is C14H20N2O. The molecule has 1 rings (SSSR count). The third-order valence-corrected chi connectivity index (χ3v) is 2.47. The Bertz CT molecular complexity index is 399. The lowest BCUT2D eigenvalue weighted by molar-refractivity contribution is -0.116. The van der Waals surface area contributed by atoms with Gasteiger partial charge in [0.25, 0.3) is 0 Å². The Morgan fingerprint density at radius 2 is 2.18 bits per heavy atom. The van der Waals surface area contributed by atoms with Gasteiger partial charge in [-0.15, -0.1) is 6.58 Å². The second-order valence-corrected chi connectivity index (χ2v) is 4.11. The quantitative estimate of drug-likeness (QED) is 0.584. The third kappa shape index (κ3) is 4.83. The van der Waals surface area contributed by atoms with E-state index in [1.807, 2.05) is 26.0 Å². The summed E-state index contributed by atoms with van der Waals surface area (Å²) in [4.78, 5) is 11.6. The van der Waals surface area contributed by atoms with Crippen LogP contribution in [0.5, 0.6) is 0 Å². The molecule has 3 heteroatoms. The smallest absolute Gasteiger partial charge is 0.225 e. The summed E-state index contributed by atoms with van der Waals surface area (Å²) in [7, 11) is 0. The van der Waals surface area contributed by atoms with Crippen LogP contribution in [-0.4, -0.2) is 19.0 Å². The molecule has 0 aromatic heterocycles. The van der Waals surface area contributed by atoms with Gasteiger partial charge < -0.3 is 10.6 Å². The zero-order valence-electron chi connectivity index (χ0n) is 10.5. The van der Waals surface area contributed by atoms with E-state index in [0.717, 1.165) is 17.8 Å². The van der Waals surface area contributed by atoms with Crippen LogP contribution >= 0.6 is 0 Å². The number of hydrogen-bond acceptors (Lipinski definition) is 2. The van der Waals surface area contributed by atoms with Gasteiger partial charge in [0.2, 0.25) is 5.91 Å². The van der Waals surface area contributed by atoms with Gasteiger partial charge in [-0.05, 0) is 25.5 Å². The van der Waals surface area contributed by atoms with E-state index in [2.05, 4.69) is 23.3 Å². The molecule has 0 saturated carbocycles. The van der Waals surface area contributed by atoms with Crippen LogP contribution in [0, 0.1) is 13.8 Å². The van der Waals surface area contributed by atoms with Crippen molar-refractivity contribution < 1.29 is 4.79 Å². The lowest BCUT2D eigenvalue weighted by Crippen LogP contribution is -2.22. The highest BCUT2D eigenvalue weighted by molar-refractivity contribution is 5.91. The topological polar surface area (TPSA) is 41.1 Å². The fraction of sp³-hybridized carbons (Fsp3) is 0.357. The highest BCUT2D eigenvalue weighted by atomic mass is 16.1. The van der Waals surface area contributed by atoms with Gasteiger partial charge in [0.1, 0.15) is 0 Å². The van der Waals surface area contributed by atoms with Crippen LogP contribution in [-0.2, 0) is 4.79 Å². The molecule has 1 aromatic carbocycles. The molecule has 0 aliphatic rings. The summed E-state index contributed by atoms with van der Waals surface area (Å²) in [5, 5.41) is 6.01. The summed E-state index contributed by atoms with van der Waals surface area (Å²) in [6, 6.07) is 6.00. The van der Waals surface area contributed by atoms with Crippen molar-refractivity contribution in [2.45, 2.75) is 20.3 Å². The number of nitrogens with one attached hydrogen (secondary N) is 2. The maximum Gasteiger partial charge on any atom is 0.225 e. The predicted molar refractivity (Wildman–Crippen MR) is 72.2 cm³/mol. The van der Waals surface area contributed by atoms with E-state index in [9.17, 15) is 4.79 Å². The van der Waals surface area contributed by atoms with Gasteiger partial charge in [0.05, 0.1) is 0 Å². The summed E-state index contributed by atoms with van der Waals surface area (Å²) in [5.41, 5.74) is 3.19. The average molecular weight is 232 g/mol. The molecule has 92 valence electrons. The Balaban J connectivity index is 2.42. The highest BCUT2D eigenvalue weighted by Crippen LogP contribution is 2.15. The average Bonchev–Trinajstić information content (AvgIpc) is 2.28. The van der Waals surface area contributed by atoms with Crippen LogP contribution in [0.15, 0.2) is 30.9 Å². The molecule has 0 aliphatic carbocycles. The maximum atomic E-state index is 11.6. The molecule has 0 radical (unpaired) electrons. The number of benzene rings is 1. The zero-order chi connectivity index (χ0) is 12.7. The lowest BCUT2D eigenvalue weighted by Gasteiger charge is -2.09. The minimum atomic E-state index is 0.0357. The first-order valence-corrected chi connectivity index (χ1v) is 5.82. The minimum Gasteiger partial charge on any atom is -0.326 e. The van der Waals surface area contributed by atoms with E-state index in [1.165, 1.54) is 5.56 Å². The second kappa shape index (κ2) is 6.86. The van der Waals surface area contributed by atoms with Crippen molar-refractivity contribution in [1.29, 1.82) is 0 Å². The summed E-state index contributed by atoms with van der Waals surface area (Å²) < 4.78 is 0. The summed E-state index contributed by atoms with van der Waals surface area (Å²) in [6.45, 7) is 9.04. The van der Waals surface area contributed by atoms with E-state index >= 15 is 0 Å². The van der Waals surface area contributed by atoms with Crippen molar-refractivity contribution >= 4 is 11.6 Å². The van der Waals surface area contributed by atoms with Crippen LogP contribution in [0.3, 0.4) is 0 Å². The molecule has 17 heavy (non-hydrogen) atoms. The Hall–Kier alpha value is -1.61. The summed E-state index contributed by atoms with van der Waals surface area (Å²) >= 11 is 0. The molecule has 2 N–H and O–H groups in total. The molecule has 0 bridgehead atoms. The minimum absolute atomic E-state index is 0.0357. The molecule has 0 spiro atoms. The summed E-state index contributed by atoms with van der Waals surface area (Å²) in [6.07, 6.45) is 2.25. The van der Waals surface area contributed by atoms with E-state index < -0.39 is 0 Å². The van der Waals surface area contributed by atoms with Gasteiger partial charge in [-0.1, -0.05) is 23.8 Å². The monoisotopic (exact) mass is 232 g/mol. The van der Waals surface area contributed by atoms with Crippen molar-refractivity contribution in [2.24, 2.45) is 0 Å². The normalized spacial score (nSPS) is 10.0. The van der Waals surface area contributed by atoms with Gasteiger partial charge >= 0.3 is 0 Å². The molecule has 0 saturated heterocycles. The largest absolute Gasteiger partial charge is 0.326 e. The molecule has 0 atom stereocenters. The third-order valence-electron chi connectivity index (χ3n) is 2.47. The van der Waals surface area contributed by atoms with Crippen LogP contribution in [0.2, 0.25) is 0 Å². The number of hydrogen-bond donors (Lipinski definition) is 2. The second-order valence-electron chi connectivity index (χ2n) is 4.11. The molecule has 1 aromatic rings. The van der Waals surface area contributed by atoms with Crippen molar-refractivity contribution in [3.8, 4) is 0 Å². The number of carbonyl (C=O) groups is 1.